The number of aromatic nitrogens is 3. The van der Waals surface area contributed by atoms with E-state index in [1.807, 2.05) is 24.3 Å². The van der Waals surface area contributed by atoms with Crippen molar-refractivity contribution in [3.63, 3.8) is 0 Å². The van der Waals surface area contributed by atoms with Crippen LogP contribution in [0.3, 0.4) is 0 Å². The number of pyridine rings is 1. The number of rotatable bonds is 6. The summed E-state index contributed by atoms with van der Waals surface area (Å²) in [5.74, 6) is 0.703. The molecule has 270 valence electrons. The highest BCUT2D eigenvalue weighted by Gasteiger charge is 2.18. The lowest BCUT2D eigenvalue weighted by Gasteiger charge is -2.17. The van der Waals surface area contributed by atoms with Crippen LogP contribution in [-0.4, -0.2) is 15.0 Å². The molecule has 3 heteroatoms. The second kappa shape index (κ2) is 14.1. The van der Waals surface area contributed by atoms with Gasteiger partial charge in [0.15, 0.2) is 5.82 Å². The number of hydrogen-bond donors (Lipinski definition) is 0. The Kier molecular flexibility index (Phi) is 8.15. The van der Waals surface area contributed by atoms with Gasteiger partial charge in [0.25, 0.3) is 0 Å². The van der Waals surface area contributed by atoms with Gasteiger partial charge in [0.1, 0.15) is 0 Å². The van der Waals surface area contributed by atoms with E-state index in [1.54, 1.807) is 0 Å². The molecule has 0 fully saturated rings. The number of hydrogen-bond acceptors (Lipinski definition) is 3. The Hall–Kier alpha value is -7.75. The van der Waals surface area contributed by atoms with E-state index in [2.05, 4.69) is 188 Å². The van der Waals surface area contributed by atoms with Crippen molar-refractivity contribution in [2.75, 3.05) is 0 Å². The predicted octanol–water partition coefficient (Wildman–Crippen LogP) is 14.5. The van der Waals surface area contributed by atoms with E-state index in [-0.39, 0.29) is 0 Å². The van der Waals surface area contributed by atoms with Crippen molar-refractivity contribution in [2.45, 2.75) is 0 Å². The third-order valence-electron chi connectivity index (χ3n) is 11.3. The Bertz CT molecular complexity index is 3250. The summed E-state index contributed by atoms with van der Waals surface area (Å²) in [6, 6.07) is 75.2. The molecule has 9 aromatic carbocycles. The minimum Gasteiger partial charge on any atom is -0.247 e. The van der Waals surface area contributed by atoms with Crippen LogP contribution >= 0.6 is 0 Å². The lowest BCUT2D eigenvalue weighted by molar-refractivity contribution is 1.18. The summed E-state index contributed by atoms with van der Waals surface area (Å²) in [4.78, 5) is 15.7. The van der Waals surface area contributed by atoms with Gasteiger partial charge in [-0.05, 0) is 67.4 Å². The molecule has 0 aliphatic carbocycles. The molecule has 0 N–H and O–H groups in total. The number of nitrogens with zero attached hydrogens (tertiary/aromatic N) is 3. The molecular formula is C55H35N3. The maximum atomic E-state index is 5.53. The third kappa shape index (κ3) is 5.89. The van der Waals surface area contributed by atoms with E-state index < -0.39 is 0 Å². The topological polar surface area (TPSA) is 38.7 Å². The third-order valence-corrected chi connectivity index (χ3v) is 11.3. The molecule has 0 unspecified atom stereocenters. The summed E-state index contributed by atoms with van der Waals surface area (Å²) in [6.45, 7) is 0. The van der Waals surface area contributed by atoms with Crippen LogP contribution in [0.1, 0.15) is 0 Å². The van der Waals surface area contributed by atoms with Crippen molar-refractivity contribution in [1.82, 2.24) is 15.0 Å². The van der Waals surface area contributed by atoms with E-state index in [4.69, 9.17) is 15.0 Å². The summed E-state index contributed by atoms with van der Waals surface area (Å²) in [5, 5.41) is 8.25. The molecule has 2 aromatic heterocycles. The normalized spacial score (nSPS) is 11.4. The fourth-order valence-electron chi connectivity index (χ4n) is 8.45. The van der Waals surface area contributed by atoms with Crippen molar-refractivity contribution in [3.8, 4) is 67.4 Å². The molecule has 3 nitrogen and oxygen atoms in total. The Morgan fingerprint density at radius 1 is 0.241 bits per heavy atom. The van der Waals surface area contributed by atoms with Crippen molar-refractivity contribution < 1.29 is 0 Å². The van der Waals surface area contributed by atoms with Crippen LogP contribution in [0, 0.1) is 0 Å². The Labute approximate surface area is 336 Å². The fraction of sp³-hybridized carbons (Fsp3) is 0. The first kappa shape index (κ1) is 33.6. The van der Waals surface area contributed by atoms with E-state index in [0.717, 1.165) is 66.8 Å². The summed E-state index contributed by atoms with van der Waals surface area (Å²) < 4.78 is 0. The molecule has 0 aliphatic rings. The minimum atomic E-state index is 0.703. The van der Waals surface area contributed by atoms with Gasteiger partial charge in [-0.3, -0.25) is 0 Å². The van der Waals surface area contributed by atoms with Gasteiger partial charge >= 0.3 is 0 Å². The van der Waals surface area contributed by atoms with Gasteiger partial charge in [-0.2, -0.15) is 0 Å². The molecule has 0 amide bonds. The minimum absolute atomic E-state index is 0.703. The van der Waals surface area contributed by atoms with Crippen molar-refractivity contribution in [1.29, 1.82) is 0 Å². The molecule has 58 heavy (non-hydrogen) atoms. The van der Waals surface area contributed by atoms with Crippen LogP contribution in [0.5, 0.6) is 0 Å². The lowest BCUT2D eigenvalue weighted by Crippen LogP contribution is -1.96. The highest BCUT2D eigenvalue weighted by molar-refractivity contribution is 6.18. The highest BCUT2D eigenvalue weighted by Crippen LogP contribution is 2.43. The van der Waals surface area contributed by atoms with Crippen LogP contribution in [-0.2, 0) is 0 Å². The summed E-state index contributed by atoms with van der Waals surface area (Å²) in [6.07, 6.45) is 0. The van der Waals surface area contributed by atoms with Crippen molar-refractivity contribution >= 4 is 43.2 Å². The van der Waals surface area contributed by atoms with Crippen molar-refractivity contribution in [3.05, 3.63) is 212 Å². The van der Waals surface area contributed by atoms with Crippen LogP contribution in [0.15, 0.2) is 212 Å². The van der Waals surface area contributed by atoms with E-state index in [1.165, 1.54) is 38.1 Å². The molecule has 2 heterocycles. The maximum absolute atomic E-state index is 5.53. The van der Waals surface area contributed by atoms with Crippen LogP contribution in [0.25, 0.3) is 111 Å². The number of fused-ring (bicyclic) bond motifs is 5. The van der Waals surface area contributed by atoms with Gasteiger partial charge in [0.05, 0.1) is 22.6 Å². The van der Waals surface area contributed by atoms with E-state index in [9.17, 15) is 0 Å². The SMILES string of the molecule is c1ccc(-c2cc(-c3ccc(-c4cc(-c5cccc6ccccc56)nc5c4cc(-c4cccc6ccccc46)c4ccccc45)cc3)nc(-c3ccccc3)n2)cc1. The van der Waals surface area contributed by atoms with Gasteiger partial charge in [0.2, 0.25) is 0 Å². The molecule has 0 atom stereocenters. The zero-order chi connectivity index (χ0) is 38.4. The van der Waals surface area contributed by atoms with Gasteiger partial charge in [-0.15, -0.1) is 0 Å². The van der Waals surface area contributed by atoms with Crippen molar-refractivity contribution in [2.24, 2.45) is 0 Å². The first-order valence-electron chi connectivity index (χ1n) is 19.7. The van der Waals surface area contributed by atoms with Crippen LogP contribution < -0.4 is 0 Å². The Balaban J connectivity index is 1.14. The summed E-state index contributed by atoms with van der Waals surface area (Å²) in [7, 11) is 0. The quantitative estimate of drug-likeness (QED) is 0.160. The van der Waals surface area contributed by atoms with Crippen LogP contribution in [0.2, 0.25) is 0 Å². The van der Waals surface area contributed by atoms with Gasteiger partial charge in [0, 0.05) is 33.0 Å². The Morgan fingerprint density at radius 2 is 0.741 bits per heavy atom. The zero-order valence-electron chi connectivity index (χ0n) is 31.5. The average Bonchev–Trinajstić information content (AvgIpc) is 3.31. The second-order valence-corrected chi connectivity index (χ2v) is 14.7. The first-order chi connectivity index (χ1) is 28.7. The molecule has 0 bridgehead atoms. The first-order valence-corrected chi connectivity index (χ1v) is 19.7. The molecular weight excluding hydrogens is 703 g/mol. The molecule has 0 spiro atoms. The standard InChI is InChI=1S/C55H35N3/c1-3-17-39(18-4-1)51-35-52(58-55(57-51)41-19-5-2-6-20-41)40-31-29-38(30-32-40)48-34-53(46-28-14-22-37-16-8-10-24-43(37)46)56-54-47-26-12-11-25-45(47)49(33-50(48)54)44-27-13-21-36-15-7-9-23-42(36)44/h1-35H. The summed E-state index contributed by atoms with van der Waals surface area (Å²) >= 11 is 0. The largest absolute Gasteiger partial charge is 0.247 e. The monoisotopic (exact) mass is 737 g/mol. The number of benzene rings is 9. The smallest absolute Gasteiger partial charge is 0.160 e. The zero-order valence-corrected chi connectivity index (χ0v) is 31.5. The predicted molar refractivity (Wildman–Crippen MR) is 242 cm³/mol. The van der Waals surface area contributed by atoms with Gasteiger partial charge < -0.3 is 0 Å². The average molecular weight is 738 g/mol. The van der Waals surface area contributed by atoms with Gasteiger partial charge in [-0.1, -0.05) is 194 Å². The molecule has 0 saturated carbocycles. The Morgan fingerprint density at radius 3 is 1.41 bits per heavy atom. The van der Waals surface area contributed by atoms with E-state index >= 15 is 0 Å². The molecule has 0 saturated heterocycles. The lowest BCUT2D eigenvalue weighted by atomic mass is 9.89. The molecule has 11 rings (SSSR count). The van der Waals surface area contributed by atoms with Gasteiger partial charge in [-0.25, -0.2) is 15.0 Å². The summed E-state index contributed by atoms with van der Waals surface area (Å²) in [5.41, 5.74) is 12.5. The fourth-order valence-corrected chi connectivity index (χ4v) is 8.45. The maximum Gasteiger partial charge on any atom is 0.160 e. The molecule has 0 aliphatic heterocycles. The van der Waals surface area contributed by atoms with E-state index in [0.29, 0.717) is 5.82 Å². The second-order valence-electron chi connectivity index (χ2n) is 14.7. The molecule has 0 radical (unpaired) electrons. The van der Waals surface area contributed by atoms with Crippen LogP contribution in [0.4, 0.5) is 0 Å². The molecule has 11 aromatic rings. The highest BCUT2D eigenvalue weighted by atomic mass is 14.9.